The molecule has 6 saturated heterocycles. The zero-order valence-corrected chi connectivity index (χ0v) is 92.0. The number of piperazine rings is 3. The first-order chi connectivity index (χ1) is 70.1. The van der Waals surface area contributed by atoms with Crippen LogP contribution in [-0.2, 0) is 57.9 Å². The second kappa shape index (κ2) is 48.4. The highest BCUT2D eigenvalue weighted by Crippen LogP contribution is 2.43. The molecule has 6 aliphatic rings. The number of para-hydroxylation sites is 2. The molecule has 0 saturated carbocycles. The van der Waals surface area contributed by atoms with E-state index in [-0.39, 0.29) is 50.4 Å². The van der Waals surface area contributed by atoms with Crippen LogP contribution >= 0.6 is 0 Å². The second-order valence-corrected chi connectivity index (χ2v) is 49.0. The maximum Gasteiger partial charge on any atom is 0.442 e. The van der Waals surface area contributed by atoms with Gasteiger partial charge in [-0.25, -0.2) is 68.3 Å². The zero-order chi connectivity index (χ0) is 109. The van der Waals surface area contributed by atoms with E-state index >= 15 is 4.39 Å². The summed E-state index contributed by atoms with van der Waals surface area (Å²) in [6, 6.07) is 36.1. The highest BCUT2D eigenvalue weighted by Gasteiger charge is 2.39. The molecule has 6 fully saturated rings. The number of nitrogens with zero attached hydrogens (tertiary/aromatic N) is 13. The number of hydrogen-bond donors (Lipinski definition) is 3. The molecule has 0 unspecified atom stereocenters. The van der Waals surface area contributed by atoms with Crippen molar-refractivity contribution < 1.29 is 73.1 Å². The summed E-state index contributed by atoms with van der Waals surface area (Å²) in [4.78, 5) is 91.2. The number of piperidine rings is 3. The van der Waals surface area contributed by atoms with Gasteiger partial charge >= 0.3 is 18.2 Å². The summed E-state index contributed by atoms with van der Waals surface area (Å²) in [5, 5.41) is 12.8. The van der Waals surface area contributed by atoms with Crippen molar-refractivity contribution in [1.29, 1.82) is 4.78 Å². The van der Waals surface area contributed by atoms with Crippen LogP contribution < -0.4 is 34.7 Å². The van der Waals surface area contributed by atoms with Crippen LogP contribution in [0.4, 0.5) is 82.7 Å². The van der Waals surface area contributed by atoms with Crippen LogP contribution in [0.25, 0.3) is 14.5 Å². The number of aromatic carboxylic acids is 1. The van der Waals surface area contributed by atoms with Crippen LogP contribution in [0.1, 0.15) is 199 Å². The number of ether oxygens (including phenoxy) is 2. The van der Waals surface area contributed by atoms with Crippen LogP contribution in [0.3, 0.4) is 0 Å². The van der Waals surface area contributed by atoms with Gasteiger partial charge in [-0.2, -0.15) is 0 Å². The molecule has 0 spiro atoms. The van der Waals surface area contributed by atoms with Gasteiger partial charge in [0, 0.05) is 163 Å². The number of amides is 4. The lowest BCUT2D eigenvalue weighted by Crippen LogP contribution is -2.54. The number of halogens is 5. The number of aryl methyl sites for hydroxylation is 6. The summed E-state index contributed by atoms with van der Waals surface area (Å²) in [5.41, 5.74) is 18.3. The SMILES string of the molecule is C[C@H]1CN(c2cccc(F)c2[S@@](C)(=O)=NC(=O)OC(C)(C)C)CCN1.[C-]#[N+]c1cc(F)ccc1N1CCC(Cc2c(C)cc(C)c(C(=O)N3CCN(c4cccc(F)c4[S@@](C)(=O)=NC(=O)OC(C)(C)C)C[C@@H]3C)c2C)CC1.[C-]#[N+]c1cc(F)ccc1N1CCC(Cc2c(C)cc(C)c(C(=O)O)c2C)CC1.[C-]#[N+]c1ccccc1N1CCC(Cc2c(C)cc(C)c(C(=O)N3CCN(c4cccc(F)c4[S@](C)(=N)=O)C[C@@H]3C)c2C)CC1. The van der Waals surface area contributed by atoms with E-state index < -0.39 is 81.8 Å². The van der Waals surface area contributed by atoms with Gasteiger partial charge < -0.3 is 59.1 Å². The maximum atomic E-state index is 15.4. The molecule has 3 N–H and O–H groups in total. The summed E-state index contributed by atoms with van der Waals surface area (Å²) in [6.07, 6.45) is 10.2. The van der Waals surface area contributed by atoms with Gasteiger partial charge in [-0.05, 0) is 346 Å². The van der Waals surface area contributed by atoms with Crippen molar-refractivity contribution in [3.05, 3.63) is 280 Å². The molecule has 34 heteroatoms. The molecule has 0 aromatic heterocycles. The Bertz CT molecular complexity index is 7090. The van der Waals surface area contributed by atoms with Crippen molar-refractivity contribution >= 4 is 110 Å². The molecule has 0 radical (unpaired) electrons. The Morgan fingerprint density at radius 3 is 1.07 bits per heavy atom. The first-order valence-corrected chi connectivity index (χ1v) is 56.6. The molecule has 9 aromatic carbocycles. The Kier molecular flexibility index (Phi) is 37.2. The van der Waals surface area contributed by atoms with Gasteiger partial charge in [-0.1, -0.05) is 54.6 Å². The quantitative estimate of drug-likeness (QED) is 0.0532. The molecule has 6 aliphatic heterocycles. The van der Waals surface area contributed by atoms with E-state index in [4.69, 9.17) is 34.0 Å². The molecule has 6 heterocycles. The predicted molar refractivity (Wildman–Crippen MR) is 584 cm³/mol. The van der Waals surface area contributed by atoms with Gasteiger partial charge in [0.25, 0.3) is 11.8 Å². The minimum Gasteiger partial charge on any atom is -0.478 e. The topological polar surface area (TPSA) is 275 Å². The lowest BCUT2D eigenvalue weighted by molar-refractivity contribution is 0.0595. The number of nitrogens with one attached hydrogen (secondary N) is 2. The molecular formula is C115H142F5N15O11S3. The van der Waals surface area contributed by atoms with E-state index in [1.165, 1.54) is 84.0 Å². The minimum atomic E-state index is -3.51. The smallest absolute Gasteiger partial charge is 0.442 e. The Morgan fingerprint density at radius 1 is 0.409 bits per heavy atom. The Balaban J connectivity index is 0.000000184. The normalized spacial score (nSPS) is 18.2. The molecule has 0 bridgehead atoms. The Morgan fingerprint density at radius 2 is 0.732 bits per heavy atom. The lowest BCUT2D eigenvalue weighted by Gasteiger charge is -2.42. The van der Waals surface area contributed by atoms with E-state index in [1.54, 1.807) is 84.0 Å². The summed E-state index contributed by atoms with van der Waals surface area (Å²) < 4.78 is 137. The molecule has 15 rings (SSSR count). The Labute approximate surface area is 877 Å². The van der Waals surface area contributed by atoms with E-state index in [9.17, 15) is 59.3 Å². The molecule has 149 heavy (non-hydrogen) atoms. The van der Waals surface area contributed by atoms with Gasteiger partial charge in [0.15, 0.2) is 0 Å². The van der Waals surface area contributed by atoms with Crippen molar-refractivity contribution in [3.8, 4) is 0 Å². The van der Waals surface area contributed by atoms with E-state index in [0.29, 0.717) is 115 Å². The van der Waals surface area contributed by atoms with E-state index in [2.05, 4.69) is 83.1 Å². The lowest BCUT2D eigenvalue weighted by atomic mass is 9.83. The van der Waals surface area contributed by atoms with Crippen molar-refractivity contribution in [1.82, 2.24) is 15.1 Å². The predicted octanol–water partition coefficient (Wildman–Crippen LogP) is 24.3. The highest BCUT2D eigenvalue weighted by atomic mass is 32.2. The first kappa shape index (κ1) is 115. The molecule has 26 nitrogen and oxygen atoms in total. The highest BCUT2D eigenvalue weighted by molar-refractivity contribution is 7.93. The van der Waals surface area contributed by atoms with E-state index in [1.807, 2.05) is 110 Å². The van der Waals surface area contributed by atoms with Crippen molar-refractivity contribution in [3.63, 3.8) is 0 Å². The van der Waals surface area contributed by atoms with Crippen LogP contribution in [0.15, 0.2) is 157 Å². The van der Waals surface area contributed by atoms with Crippen molar-refractivity contribution in [2.24, 2.45) is 26.5 Å². The summed E-state index contributed by atoms with van der Waals surface area (Å²) in [5.74, 6) is -2.33. The number of carboxylic acid groups (broad SMARTS) is 1. The van der Waals surface area contributed by atoms with E-state index in [0.717, 1.165) is 176 Å². The average molecular weight is 2100 g/mol. The fourth-order valence-corrected chi connectivity index (χ4v) is 25.7. The third-order valence-electron chi connectivity index (χ3n) is 28.9. The average Bonchev–Trinajstić information content (AvgIpc) is 0.675. The molecule has 4 amide bonds. The third kappa shape index (κ3) is 28.0. The zero-order valence-electron chi connectivity index (χ0n) is 89.6. The Hall–Kier alpha value is -12.9. The summed E-state index contributed by atoms with van der Waals surface area (Å²) in [6.45, 7) is 66.0. The minimum absolute atomic E-state index is 0.0122. The van der Waals surface area contributed by atoms with Crippen molar-refractivity contribution in [2.45, 2.75) is 226 Å². The number of carbonyl (C=O) groups excluding carboxylic acids is 4. The summed E-state index contributed by atoms with van der Waals surface area (Å²) >= 11 is 0. The number of anilines is 6. The van der Waals surface area contributed by atoms with Crippen LogP contribution in [0.2, 0.25) is 0 Å². The van der Waals surface area contributed by atoms with Gasteiger partial charge in [0.05, 0.1) is 71.5 Å². The molecule has 0 aliphatic carbocycles. The number of hydrogen-bond acceptors (Lipinski definition) is 18. The van der Waals surface area contributed by atoms with Crippen LogP contribution in [0.5, 0.6) is 0 Å². The second-order valence-electron chi connectivity index (χ2n) is 42.5. The summed E-state index contributed by atoms with van der Waals surface area (Å²) in [7, 11) is -10.1. The van der Waals surface area contributed by atoms with Gasteiger partial charge in [0.1, 0.15) is 55.0 Å². The van der Waals surface area contributed by atoms with Crippen molar-refractivity contribution in [2.75, 3.05) is 146 Å². The van der Waals surface area contributed by atoms with Crippen LogP contribution in [-0.4, -0.2) is 204 Å². The molecule has 9 aromatic rings. The largest absolute Gasteiger partial charge is 0.478 e. The monoisotopic (exact) mass is 2100 g/mol. The first-order valence-electron chi connectivity index (χ1n) is 50.8. The molecule has 6 atom stereocenters. The number of benzene rings is 9. The van der Waals surface area contributed by atoms with Gasteiger partial charge in [0.2, 0.25) is 17.1 Å². The molecular weight excluding hydrogens is 1960 g/mol. The number of carbonyl (C=O) groups is 5. The third-order valence-corrected chi connectivity index (χ3v) is 33.4. The standard InChI is InChI=1S/C40H49F2N5O4S.C35H42FN5O2S.C23H25FN2O2.C17H26FN3O3S/c1-25-21-26(2)36(28(4)31(25)22-29-15-17-45(18-16-29)34-14-13-30(41)23-33(34)43-8)38(48)47-20-19-46(24-27(47)3)35-12-10-11-32(42)37(35)52(9,50)44-39(49)51-40(5,6)7;1-23-20-24(2)33(26(4)28(23)21-27-14-16-39(17-15-27)31-12-8-7-11-30(31)38-5)35(42)41-19-18-40(22-25(41)3)32-13-9-10-29(36)34(32)44(6,37)43;1-14-11-15(2)22(23(27)28)16(3)19(14)12-17-7-9-26(10-8-17)21-6-5-18(24)13-20(21)25-4;1-12-11-21(10-9-19-12)14-8-6-7-13(18)15(14)25(5,23)20-16(22)24-17(2,3)4/h10-14,21,23,27,29H,15-20,22,24H2,1-7,9H3;7-13,20,25,27,37H,14-19,21-22H2,1-4,6H3;5-6,11,13,17H,7-10,12H2,1-3H3,(H,27,28);6-8,12,19H,9-11H2,1-5H3/t27-,52+;25-,44+;;12-,25+/m00.0/s1. The number of carboxylic acids is 1. The fourth-order valence-electron chi connectivity index (χ4n) is 21.8. The van der Waals surface area contributed by atoms with Crippen LogP contribution in [0, 0.1) is 134 Å². The van der Waals surface area contributed by atoms with Gasteiger partial charge in [-0.3, -0.25) is 9.59 Å². The van der Waals surface area contributed by atoms with Gasteiger partial charge in [-0.15, -0.1) is 8.73 Å². The fraction of sp³-hybridized carbons (Fsp3) is 0.461. The maximum absolute atomic E-state index is 15.4. The molecule has 796 valence electrons. The number of rotatable bonds is 18.